The topological polar surface area (TPSA) is 84.1 Å². The standard InChI is InChI=1S/C18H22ClN5O/c1-2-14-16(19)23-18(15(22-14)17(20)25)21-12-6-8-13(9-7-12)24-10-4-3-5-11-24/h6-9H,2-5,10-11H2,1H3,(H2,20,25)(H,21,23). The van der Waals surface area contributed by atoms with Gasteiger partial charge in [-0.2, -0.15) is 0 Å². The van der Waals surface area contributed by atoms with Crippen LogP contribution in [0.2, 0.25) is 5.15 Å². The van der Waals surface area contributed by atoms with Gasteiger partial charge in [0.25, 0.3) is 5.91 Å². The Hall–Kier alpha value is -2.34. The zero-order valence-electron chi connectivity index (χ0n) is 14.3. The Balaban J connectivity index is 1.82. The molecule has 1 aliphatic rings. The van der Waals surface area contributed by atoms with E-state index in [1.165, 1.54) is 24.9 Å². The summed E-state index contributed by atoms with van der Waals surface area (Å²) in [6.45, 7) is 4.09. The molecule has 0 saturated carbocycles. The van der Waals surface area contributed by atoms with Crippen molar-refractivity contribution >= 4 is 34.7 Å². The van der Waals surface area contributed by atoms with E-state index in [4.69, 9.17) is 17.3 Å². The first-order valence-electron chi connectivity index (χ1n) is 8.56. The quantitative estimate of drug-likeness (QED) is 0.853. The lowest BCUT2D eigenvalue weighted by molar-refractivity contribution is 0.0996. The fourth-order valence-electron chi connectivity index (χ4n) is 2.98. The van der Waals surface area contributed by atoms with Gasteiger partial charge in [-0.1, -0.05) is 18.5 Å². The van der Waals surface area contributed by atoms with Crippen LogP contribution >= 0.6 is 11.6 Å². The summed E-state index contributed by atoms with van der Waals surface area (Å²) in [6.07, 6.45) is 4.36. The number of anilines is 3. The number of hydrogen-bond acceptors (Lipinski definition) is 5. The molecule has 0 unspecified atom stereocenters. The Morgan fingerprint density at radius 3 is 2.48 bits per heavy atom. The molecule has 0 bridgehead atoms. The minimum atomic E-state index is -0.633. The van der Waals surface area contributed by atoms with Crippen LogP contribution in [0, 0.1) is 0 Å². The zero-order chi connectivity index (χ0) is 17.8. The lowest BCUT2D eigenvalue weighted by Gasteiger charge is -2.28. The largest absolute Gasteiger partial charge is 0.372 e. The Labute approximate surface area is 152 Å². The van der Waals surface area contributed by atoms with Crippen molar-refractivity contribution in [3.05, 3.63) is 40.8 Å². The highest BCUT2D eigenvalue weighted by molar-refractivity contribution is 6.30. The summed E-state index contributed by atoms with van der Waals surface area (Å²) in [5.41, 5.74) is 8.09. The molecule has 1 aromatic carbocycles. The molecule has 1 aliphatic heterocycles. The van der Waals surface area contributed by atoms with Gasteiger partial charge in [0.05, 0.1) is 5.69 Å². The van der Waals surface area contributed by atoms with E-state index < -0.39 is 5.91 Å². The maximum atomic E-state index is 11.7. The van der Waals surface area contributed by atoms with E-state index in [0.29, 0.717) is 12.1 Å². The Morgan fingerprint density at radius 1 is 1.20 bits per heavy atom. The number of nitrogens with zero attached hydrogens (tertiary/aromatic N) is 3. The number of halogens is 1. The van der Waals surface area contributed by atoms with Gasteiger partial charge >= 0.3 is 0 Å². The third kappa shape index (κ3) is 4.02. The molecule has 0 radical (unpaired) electrons. The molecule has 0 atom stereocenters. The number of aryl methyl sites for hydroxylation is 1. The lowest BCUT2D eigenvalue weighted by atomic mass is 10.1. The number of primary amides is 1. The maximum absolute atomic E-state index is 11.7. The summed E-state index contributed by atoms with van der Waals surface area (Å²) >= 11 is 6.13. The van der Waals surface area contributed by atoms with Crippen LogP contribution in [0.15, 0.2) is 24.3 Å². The fourth-order valence-corrected chi connectivity index (χ4v) is 3.24. The second-order valence-electron chi connectivity index (χ2n) is 6.10. The molecule has 25 heavy (non-hydrogen) atoms. The normalized spacial score (nSPS) is 14.4. The number of rotatable bonds is 5. The van der Waals surface area contributed by atoms with Crippen LogP contribution in [-0.4, -0.2) is 29.0 Å². The van der Waals surface area contributed by atoms with Gasteiger partial charge in [0, 0.05) is 24.5 Å². The maximum Gasteiger partial charge on any atom is 0.271 e. The minimum Gasteiger partial charge on any atom is -0.372 e. The highest BCUT2D eigenvalue weighted by Gasteiger charge is 2.16. The van der Waals surface area contributed by atoms with E-state index in [0.717, 1.165) is 18.8 Å². The van der Waals surface area contributed by atoms with Crippen LogP contribution in [0.1, 0.15) is 42.4 Å². The van der Waals surface area contributed by atoms with Crippen LogP contribution in [0.3, 0.4) is 0 Å². The Kier molecular flexibility index (Phi) is 5.38. The summed E-state index contributed by atoms with van der Waals surface area (Å²) in [5, 5.41) is 3.38. The van der Waals surface area contributed by atoms with Crippen molar-refractivity contribution in [3.8, 4) is 0 Å². The summed E-state index contributed by atoms with van der Waals surface area (Å²) in [7, 11) is 0. The Morgan fingerprint density at radius 2 is 1.88 bits per heavy atom. The van der Waals surface area contributed by atoms with Crippen LogP contribution in [0.4, 0.5) is 17.2 Å². The molecule has 7 heteroatoms. The molecule has 1 aromatic heterocycles. The SMILES string of the molecule is CCc1nc(C(N)=O)c(Nc2ccc(N3CCCCC3)cc2)nc1Cl. The van der Waals surface area contributed by atoms with Gasteiger partial charge in [-0.05, 0) is 49.9 Å². The monoisotopic (exact) mass is 359 g/mol. The number of piperidine rings is 1. The van der Waals surface area contributed by atoms with Crippen molar-refractivity contribution in [3.63, 3.8) is 0 Å². The molecule has 3 rings (SSSR count). The summed E-state index contributed by atoms with van der Waals surface area (Å²) < 4.78 is 0. The van der Waals surface area contributed by atoms with Crippen molar-refractivity contribution in [2.24, 2.45) is 5.73 Å². The zero-order valence-corrected chi connectivity index (χ0v) is 15.0. The minimum absolute atomic E-state index is 0.0985. The van der Waals surface area contributed by atoms with E-state index in [-0.39, 0.29) is 16.7 Å². The predicted octanol–water partition coefficient (Wildman–Crippen LogP) is 3.53. The van der Waals surface area contributed by atoms with E-state index >= 15 is 0 Å². The molecular weight excluding hydrogens is 338 g/mol. The molecule has 1 fully saturated rings. The summed E-state index contributed by atoms with van der Waals surface area (Å²) in [6, 6.07) is 8.04. The highest BCUT2D eigenvalue weighted by Crippen LogP contribution is 2.25. The molecular formula is C18H22ClN5O. The van der Waals surface area contributed by atoms with E-state index in [9.17, 15) is 4.79 Å². The number of amides is 1. The molecule has 2 aromatic rings. The number of nitrogens with two attached hydrogens (primary N) is 1. The predicted molar refractivity (Wildman–Crippen MR) is 101 cm³/mol. The molecule has 6 nitrogen and oxygen atoms in total. The van der Waals surface area contributed by atoms with Gasteiger partial charge in [-0.25, -0.2) is 9.97 Å². The highest BCUT2D eigenvalue weighted by atomic mass is 35.5. The molecule has 0 aliphatic carbocycles. The van der Waals surface area contributed by atoms with Crippen molar-refractivity contribution in [2.75, 3.05) is 23.3 Å². The van der Waals surface area contributed by atoms with Crippen molar-refractivity contribution in [1.29, 1.82) is 0 Å². The van der Waals surface area contributed by atoms with Gasteiger partial charge in [0.2, 0.25) is 0 Å². The number of aromatic nitrogens is 2. The van der Waals surface area contributed by atoms with Gasteiger partial charge in [0.15, 0.2) is 16.7 Å². The number of carbonyl (C=O) groups is 1. The van der Waals surface area contributed by atoms with E-state index in [2.05, 4.69) is 32.3 Å². The fraction of sp³-hybridized carbons (Fsp3) is 0.389. The van der Waals surface area contributed by atoms with Crippen LogP contribution in [-0.2, 0) is 6.42 Å². The first kappa shape index (κ1) is 17.5. The van der Waals surface area contributed by atoms with Gasteiger partial charge in [-0.3, -0.25) is 4.79 Å². The van der Waals surface area contributed by atoms with Crippen molar-refractivity contribution in [1.82, 2.24) is 9.97 Å². The second kappa shape index (κ2) is 7.70. The second-order valence-corrected chi connectivity index (χ2v) is 6.45. The smallest absolute Gasteiger partial charge is 0.271 e. The van der Waals surface area contributed by atoms with E-state index in [1.54, 1.807) is 0 Å². The van der Waals surface area contributed by atoms with Crippen LogP contribution in [0.25, 0.3) is 0 Å². The number of benzene rings is 1. The van der Waals surface area contributed by atoms with Gasteiger partial charge in [-0.15, -0.1) is 0 Å². The summed E-state index contributed by atoms with van der Waals surface area (Å²) in [5.74, 6) is -0.355. The molecule has 1 saturated heterocycles. The summed E-state index contributed by atoms with van der Waals surface area (Å²) in [4.78, 5) is 22.6. The number of hydrogen-bond donors (Lipinski definition) is 2. The first-order valence-corrected chi connectivity index (χ1v) is 8.94. The van der Waals surface area contributed by atoms with Gasteiger partial charge < -0.3 is 16.0 Å². The van der Waals surface area contributed by atoms with Crippen molar-refractivity contribution in [2.45, 2.75) is 32.6 Å². The number of carbonyl (C=O) groups excluding carboxylic acids is 1. The average molecular weight is 360 g/mol. The third-order valence-electron chi connectivity index (χ3n) is 4.34. The van der Waals surface area contributed by atoms with Crippen molar-refractivity contribution < 1.29 is 4.79 Å². The number of nitrogens with one attached hydrogen (secondary N) is 1. The third-order valence-corrected chi connectivity index (χ3v) is 4.64. The first-order chi connectivity index (χ1) is 12.1. The van der Waals surface area contributed by atoms with Crippen LogP contribution in [0.5, 0.6) is 0 Å². The lowest BCUT2D eigenvalue weighted by Crippen LogP contribution is -2.29. The molecule has 3 N–H and O–H groups in total. The van der Waals surface area contributed by atoms with E-state index in [1.807, 2.05) is 19.1 Å². The van der Waals surface area contributed by atoms with Crippen LogP contribution < -0.4 is 16.0 Å². The van der Waals surface area contributed by atoms with Gasteiger partial charge in [0.1, 0.15) is 0 Å². The molecule has 132 valence electrons. The molecule has 1 amide bonds. The Bertz CT molecular complexity index is 757. The molecule has 2 heterocycles. The molecule has 0 spiro atoms. The average Bonchev–Trinajstić information content (AvgIpc) is 2.63.